The third kappa shape index (κ3) is 4.88. The van der Waals surface area contributed by atoms with E-state index in [2.05, 4.69) is 41.0 Å². The largest absolute Gasteiger partial charge is 0.316 e. The normalized spacial score (nSPS) is 20.4. The van der Waals surface area contributed by atoms with E-state index in [9.17, 15) is 0 Å². The summed E-state index contributed by atoms with van der Waals surface area (Å²) >= 11 is 0. The highest BCUT2D eigenvalue weighted by molar-refractivity contribution is 5.14. The summed E-state index contributed by atoms with van der Waals surface area (Å²) in [6.45, 7) is 4.71. The minimum absolute atomic E-state index is 0.896. The fourth-order valence-corrected chi connectivity index (χ4v) is 2.48. The lowest BCUT2D eigenvalue weighted by molar-refractivity contribution is 0.352. The Labute approximate surface area is 105 Å². The van der Waals surface area contributed by atoms with Crippen LogP contribution in [0.5, 0.6) is 0 Å². The van der Waals surface area contributed by atoms with Crippen molar-refractivity contribution < 1.29 is 0 Å². The van der Waals surface area contributed by atoms with Crippen molar-refractivity contribution in [1.29, 1.82) is 0 Å². The van der Waals surface area contributed by atoms with E-state index < -0.39 is 0 Å². The van der Waals surface area contributed by atoms with Crippen LogP contribution in [0.4, 0.5) is 0 Å². The molecular formula is C15H24N2. The smallest absolute Gasteiger partial charge is 0.000835 e. The SMILES string of the molecule is c1ccc(CCNCCC2CCCNC2)cc1. The lowest BCUT2D eigenvalue weighted by atomic mass is 9.96. The summed E-state index contributed by atoms with van der Waals surface area (Å²) in [7, 11) is 0. The molecule has 1 fully saturated rings. The maximum atomic E-state index is 3.55. The van der Waals surface area contributed by atoms with Crippen LogP contribution in [-0.4, -0.2) is 26.2 Å². The molecule has 2 heteroatoms. The molecule has 2 nitrogen and oxygen atoms in total. The van der Waals surface area contributed by atoms with Crippen LogP contribution >= 0.6 is 0 Å². The van der Waals surface area contributed by atoms with E-state index in [0.717, 1.165) is 18.9 Å². The number of piperidine rings is 1. The second-order valence-corrected chi connectivity index (χ2v) is 4.99. The van der Waals surface area contributed by atoms with E-state index in [1.165, 1.54) is 44.5 Å². The van der Waals surface area contributed by atoms with Crippen LogP contribution in [0.3, 0.4) is 0 Å². The molecule has 1 aliphatic heterocycles. The molecule has 2 N–H and O–H groups in total. The lowest BCUT2D eigenvalue weighted by Gasteiger charge is -2.22. The van der Waals surface area contributed by atoms with Gasteiger partial charge in [0.25, 0.3) is 0 Å². The number of rotatable bonds is 6. The number of benzene rings is 1. The van der Waals surface area contributed by atoms with Crippen LogP contribution < -0.4 is 10.6 Å². The maximum absolute atomic E-state index is 3.55. The zero-order valence-electron chi connectivity index (χ0n) is 10.6. The monoisotopic (exact) mass is 232 g/mol. The summed E-state index contributed by atoms with van der Waals surface area (Å²) < 4.78 is 0. The average Bonchev–Trinajstić information content (AvgIpc) is 2.41. The van der Waals surface area contributed by atoms with Gasteiger partial charge >= 0.3 is 0 Å². The summed E-state index contributed by atoms with van der Waals surface area (Å²) in [6.07, 6.45) is 5.23. The van der Waals surface area contributed by atoms with E-state index in [-0.39, 0.29) is 0 Å². The Morgan fingerprint density at radius 2 is 2.06 bits per heavy atom. The Morgan fingerprint density at radius 3 is 2.82 bits per heavy atom. The lowest BCUT2D eigenvalue weighted by Crippen LogP contribution is -2.32. The van der Waals surface area contributed by atoms with Gasteiger partial charge < -0.3 is 10.6 Å². The van der Waals surface area contributed by atoms with Gasteiger partial charge in [0, 0.05) is 0 Å². The number of hydrogen-bond donors (Lipinski definition) is 2. The van der Waals surface area contributed by atoms with Gasteiger partial charge in [-0.25, -0.2) is 0 Å². The molecule has 94 valence electrons. The number of nitrogens with one attached hydrogen (secondary N) is 2. The Balaban J connectivity index is 1.51. The van der Waals surface area contributed by atoms with Gasteiger partial charge in [-0.2, -0.15) is 0 Å². The first kappa shape index (κ1) is 12.6. The average molecular weight is 232 g/mol. The minimum atomic E-state index is 0.896. The van der Waals surface area contributed by atoms with Crippen LogP contribution in [0.15, 0.2) is 30.3 Å². The fourth-order valence-electron chi connectivity index (χ4n) is 2.48. The van der Waals surface area contributed by atoms with Gasteiger partial charge in [0.05, 0.1) is 0 Å². The zero-order valence-corrected chi connectivity index (χ0v) is 10.6. The molecule has 0 bridgehead atoms. The molecule has 1 unspecified atom stereocenters. The summed E-state index contributed by atoms with van der Waals surface area (Å²) in [5, 5.41) is 7.03. The van der Waals surface area contributed by atoms with Gasteiger partial charge in [-0.3, -0.25) is 0 Å². The van der Waals surface area contributed by atoms with Crippen molar-refractivity contribution >= 4 is 0 Å². The molecule has 17 heavy (non-hydrogen) atoms. The van der Waals surface area contributed by atoms with Crippen LogP contribution in [0.25, 0.3) is 0 Å². The van der Waals surface area contributed by atoms with Gasteiger partial charge in [-0.15, -0.1) is 0 Å². The predicted octanol–water partition coefficient (Wildman–Crippen LogP) is 2.21. The fraction of sp³-hybridized carbons (Fsp3) is 0.600. The molecule has 1 aliphatic rings. The Kier molecular flexibility index (Phi) is 5.53. The van der Waals surface area contributed by atoms with E-state index in [1.54, 1.807) is 0 Å². The van der Waals surface area contributed by atoms with E-state index in [4.69, 9.17) is 0 Å². The van der Waals surface area contributed by atoms with E-state index >= 15 is 0 Å². The Morgan fingerprint density at radius 1 is 1.18 bits per heavy atom. The Bertz CT molecular complexity index is 291. The second kappa shape index (κ2) is 7.46. The van der Waals surface area contributed by atoms with Gasteiger partial charge in [-0.05, 0) is 63.3 Å². The van der Waals surface area contributed by atoms with Gasteiger partial charge in [-0.1, -0.05) is 30.3 Å². The van der Waals surface area contributed by atoms with Crippen LogP contribution in [0, 0.1) is 5.92 Å². The first-order valence-electron chi connectivity index (χ1n) is 6.90. The molecule has 0 aliphatic carbocycles. The van der Waals surface area contributed by atoms with Crippen LogP contribution in [-0.2, 0) is 6.42 Å². The molecule has 1 heterocycles. The molecule has 0 saturated carbocycles. The molecule has 1 saturated heterocycles. The minimum Gasteiger partial charge on any atom is -0.316 e. The second-order valence-electron chi connectivity index (χ2n) is 4.99. The van der Waals surface area contributed by atoms with Crippen LogP contribution in [0.1, 0.15) is 24.8 Å². The van der Waals surface area contributed by atoms with Crippen molar-refractivity contribution in [2.75, 3.05) is 26.2 Å². The molecule has 0 radical (unpaired) electrons. The quantitative estimate of drug-likeness (QED) is 0.735. The summed E-state index contributed by atoms with van der Waals surface area (Å²) in [6, 6.07) is 10.7. The molecule has 0 spiro atoms. The molecule has 1 atom stereocenters. The van der Waals surface area contributed by atoms with Gasteiger partial charge in [0.15, 0.2) is 0 Å². The highest BCUT2D eigenvalue weighted by atomic mass is 14.9. The standard InChI is InChI=1S/C15H24N2/c1-2-5-14(6-3-1)8-11-16-12-9-15-7-4-10-17-13-15/h1-3,5-6,15-17H,4,7-13H2. The third-order valence-electron chi connectivity index (χ3n) is 3.56. The topological polar surface area (TPSA) is 24.1 Å². The van der Waals surface area contributed by atoms with Crippen molar-refractivity contribution in [2.24, 2.45) is 5.92 Å². The number of hydrogen-bond acceptors (Lipinski definition) is 2. The summed E-state index contributed by atoms with van der Waals surface area (Å²) in [5.74, 6) is 0.896. The third-order valence-corrected chi connectivity index (χ3v) is 3.56. The molecule has 1 aromatic rings. The maximum Gasteiger partial charge on any atom is -0.000835 e. The predicted molar refractivity (Wildman–Crippen MR) is 73.2 cm³/mol. The highest BCUT2D eigenvalue weighted by Crippen LogP contribution is 2.12. The van der Waals surface area contributed by atoms with Crippen molar-refractivity contribution in [3.8, 4) is 0 Å². The van der Waals surface area contributed by atoms with Crippen molar-refractivity contribution in [1.82, 2.24) is 10.6 Å². The van der Waals surface area contributed by atoms with Gasteiger partial charge in [0.1, 0.15) is 0 Å². The molecular weight excluding hydrogens is 208 g/mol. The van der Waals surface area contributed by atoms with Crippen molar-refractivity contribution in [2.45, 2.75) is 25.7 Å². The zero-order chi connectivity index (χ0) is 11.8. The molecule has 1 aromatic carbocycles. The molecule has 2 rings (SSSR count). The Hall–Kier alpha value is -0.860. The van der Waals surface area contributed by atoms with E-state index in [0.29, 0.717) is 0 Å². The highest BCUT2D eigenvalue weighted by Gasteiger charge is 2.11. The summed E-state index contributed by atoms with van der Waals surface area (Å²) in [5.41, 5.74) is 1.43. The first-order chi connectivity index (χ1) is 8.45. The molecule has 0 amide bonds. The van der Waals surface area contributed by atoms with Crippen LogP contribution in [0.2, 0.25) is 0 Å². The van der Waals surface area contributed by atoms with Crippen molar-refractivity contribution in [3.05, 3.63) is 35.9 Å². The van der Waals surface area contributed by atoms with E-state index in [1.807, 2.05) is 0 Å². The van der Waals surface area contributed by atoms with Gasteiger partial charge in [0.2, 0.25) is 0 Å². The first-order valence-corrected chi connectivity index (χ1v) is 6.90. The van der Waals surface area contributed by atoms with Crippen molar-refractivity contribution in [3.63, 3.8) is 0 Å². The summed E-state index contributed by atoms with van der Waals surface area (Å²) in [4.78, 5) is 0. The molecule has 0 aromatic heterocycles.